The van der Waals surface area contributed by atoms with Crippen LogP contribution in [0.2, 0.25) is 0 Å². The molecule has 106 valence electrons. The molecule has 0 N–H and O–H groups in total. The highest BCUT2D eigenvalue weighted by molar-refractivity contribution is 6.01. The van der Waals surface area contributed by atoms with E-state index in [0.717, 1.165) is 11.1 Å². The maximum atomic E-state index is 12.2. The number of carbonyl (C=O) groups is 1. The number of hydrogen-bond donors (Lipinski definition) is 0. The monoisotopic (exact) mass is 283 g/mol. The largest absolute Gasteiger partial charge is 0.356 e. The lowest BCUT2D eigenvalue weighted by Gasteiger charge is -1.99. The standard InChI is InChI=1S/C16H13NO4/c1-10-2-4-11(5-3-10)14(18)16-15(21-16)12-6-8-13(9-7-12)17(19)20/h2-9,15-16H,1H3/t15-,16-/m0/s1. The van der Waals surface area contributed by atoms with E-state index in [0.29, 0.717) is 5.56 Å². The fourth-order valence-electron chi connectivity index (χ4n) is 2.23. The third-order valence-electron chi connectivity index (χ3n) is 3.52. The third kappa shape index (κ3) is 2.68. The van der Waals surface area contributed by atoms with E-state index in [-0.39, 0.29) is 17.6 Å². The molecule has 21 heavy (non-hydrogen) atoms. The molecule has 0 aromatic heterocycles. The van der Waals surface area contributed by atoms with Crippen LogP contribution in [-0.2, 0) is 4.74 Å². The van der Waals surface area contributed by atoms with Crippen LogP contribution in [0.1, 0.15) is 27.6 Å². The average molecular weight is 283 g/mol. The predicted octanol–water partition coefficient (Wildman–Crippen LogP) is 3.23. The molecular weight excluding hydrogens is 270 g/mol. The quantitative estimate of drug-likeness (QED) is 0.374. The lowest BCUT2D eigenvalue weighted by atomic mass is 10.0. The number of hydrogen-bond acceptors (Lipinski definition) is 4. The molecule has 0 aliphatic carbocycles. The molecule has 1 aliphatic rings. The molecular formula is C16H13NO4. The van der Waals surface area contributed by atoms with Crippen molar-refractivity contribution in [3.63, 3.8) is 0 Å². The number of nitro groups is 1. The fourth-order valence-corrected chi connectivity index (χ4v) is 2.23. The van der Waals surface area contributed by atoms with Gasteiger partial charge in [0.1, 0.15) is 6.10 Å². The summed E-state index contributed by atoms with van der Waals surface area (Å²) >= 11 is 0. The second-order valence-electron chi connectivity index (χ2n) is 5.06. The van der Waals surface area contributed by atoms with Crippen molar-refractivity contribution < 1.29 is 14.5 Å². The van der Waals surface area contributed by atoms with Crippen LogP contribution in [0, 0.1) is 17.0 Å². The number of non-ortho nitro benzene ring substituents is 1. The van der Waals surface area contributed by atoms with Gasteiger partial charge in [0, 0.05) is 17.7 Å². The summed E-state index contributed by atoms with van der Waals surface area (Å²) in [4.78, 5) is 22.4. The van der Waals surface area contributed by atoms with Crippen LogP contribution in [0.15, 0.2) is 48.5 Å². The van der Waals surface area contributed by atoms with Gasteiger partial charge in [-0.2, -0.15) is 0 Å². The topological polar surface area (TPSA) is 72.7 Å². The van der Waals surface area contributed by atoms with Gasteiger partial charge in [0.15, 0.2) is 11.9 Å². The fraction of sp³-hybridized carbons (Fsp3) is 0.188. The van der Waals surface area contributed by atoms with E-state index in [1.807, 2.05) is 19.1 Å². The SMILES string of the molecule is Cc1ccc(C(=O)[C@@H]2O[C@H]2c2ccc([N+](=O)[O-])cc2)cc1. The first-order chi connectivity index (χ1) is 10.1. The van der Waals surface area contributed by atoms with Crippen molar-refractivity contribution in [1.82, 2.24) is 0 Å². The molecule has 0 unspecified atom stereocenters. The van der Waals surface area contributed by atoms with Gasteiger partial charge in [0.25, 0.3) is 5.69 Å². The van der Waals surface area contributed by atoms with Gasteiger partial charge in [-0.25, -0.2) is 0 Å². The number of Topliss-reactive ketones (excluding diaryl/α,β-unsaturated/α-hetero) is 1. The summed E-state index contributed by atoms with van der Waals surface area (Å²) in [5.74, 6) is -0.0571. The smallest absolute Gasteiger partial charge is 0.269 e. The van der Waals surface area contributed by atoms with E-state index in [4.69, 9.17) is 4.74 Å². The number of benzene rings is 2. The van der Waals surface area contributed by atoms with Crippen LogP contribution in [0.25, 0.3) is 0 Å². The highest BCUT2D eigenvalue weighted by Crippen LogP contribution is 2.41. The molecule has 1 fully saturated rings. The van der Waals surface area contributed by atoms with Gasteiger partial charge >= 0.3 is 0 Å². The molecule has 0 spiro atoms. The minimum atomic E-state index is -0.492. The summed E-state index contributed by atoms with van der Waals surface area (Å²) in [6, 6.07) is 13.4. The minimum absolute atomic E-state index is 0.0285. The Morgan fingerprint density at radius 2 is 1.71 bits per heavy atom. The van der Waals surface area contributed by atoms with Crippen molar-refractivity contribution in [2.45, 2.75) is 19.1 Å². The maximum absolute atomic E-state index is 12.2. The van der Waals surface area contributed by atoms with Crippen LogP contribution in [-0.4, -0.2) is 16.8 Å². The normalized spacial score (nSPS) is 20.0. The lowest BCUT2D eigenvalue weighted by Crippen LogP contribution is -2.08. The molecule has 1 heterocycles. The van der Waals surface area contributed by atoms with Crippen molar-refractivity contribution in [3.8, 4) is 0 Å². The van der Waals surface area contributed by atoms with Crippen LogP contribution < -0.4 is 0 Å². The molecule has 1 aliphatic heterocycles. The molecule has 3 rings (SSSR count). The van der Waals surface area contributed by atoms with E-state index in [2.05, 4.69) is 0 Å². The van der Waals surface area contributed by atoms with E-state index in [1.165, 1.54) is 12.1 Å². The summed E-state index contributed by atoms with van der Waals surface area (Å²) in [5, 5.41) is 10.6. The van der Waals surface area contributed by atoms with Gasteiger partial charge in [-0.1, -0.05) is 29.8 Å². The van der Waals surface area contributed by atoms with Crippen LogP contribution in [0.5, 0.6) is 0 Å². The zero-order valence-electron chi connectivity index (χ0n) is 11.4. The second kappa shape index (κ2) is 5.10. The summed E-state index contributed by atoms with van der Waals surface area (Å²) in [5.41, 5.74) is 2.53. The average Bonchev–Trinajstić information content (AvgIpc) is 3.28. The van der Waals surface area contributed by atoms with Crippen molar-refractivity contribution in [3.05, 3.63) is 75.3 Å². The Morgan fingerprint density at radius 1 is 1.10 bits per heavy atom. The first-order valence-electron chi connectivity index (χ1n) is 6.57. The van der Waals surface area contributed by atoms with Gasteiger partial charge in [-0.3, -0.25) is 14.9 Å². The van der Waals surface area contributed by atoms with Crippen LogP contribution >= 0.6 is 0 Å². The van der Waals surface area contributed by atoms with Crippen molar-refractivity contribution in [2.24, 2.45) is 0 Å². The molecule has 0 saturated carbocycles. The molecule has 0 bridgehead atoms. The van der Waals surface area contributed by atoms with Gasteiger partial charge in [0.05, 0.1) is 4.92 Å². The summed E-state index contributed by atoms with van der Waals surface area (Å²) in [7, 11) is 0. The number of epoxide rings is 1. The zero-order chi connectivity index (χ0) is 15.0. The number of ether oxygens (including phenoxy) is 1. The Labute approximate surface area is 121 Å². The Balaban J connectivity index is 1.72. The van der Waals surface area contributed by atoms with Crippen molar-refractivity contribution in [1.29, 1.82) is 0 Å². The highest BCUT2D eigenvalue weighted by Gasteiger charge is 2.46. The molecule has 2 atom stereocenters. The maximum Gasteiger partial charge on any atom is 0.269 e. The van der Waals surface area contributed by atoms with Crippen LogP contribution in [0.3, 0.4) is 0 Å². The van der Waals surface area contributed by atoms with Gasteiger partial charge in [-0.15, -0.1) is 0 Å². The molecule has 2 aromatic rings. The summed E-state index contributed by atoms with van der Waals surface area (Å²) in [6.45, 7) is 1.96. The summed E-state index contributed by atoms with van der Waals surface area (Å²) in [6.07, 6.45) is -0.797. The van der Waals surface area contributed by atoms with E-state index in [1.54, 1.807) is 24.3 Å². The predicted molar refractivity (Wildman–Crippen MR) is 76.2 cm³/mol. The molecule has 2 aromatic carbocycles. The molecule has 5 heteroatoms. The van der Waals surface area contributed by atoms with Crippen molar-refractivity contribution in [2.75, 3.05) is 0 Å². The number of carbonyl (C=O) groups excluding carboxylic acids is 1. The van der Waals surface area contributed by atoms with Gasteiger partial charge < -0.3 is 4.74 Å². The van der Waals surface area contributed by atoms with E-state index in [9.17, 15) is 14.9 Å². The number of ketones is 1. The third-order valence-corrected chi connectivity index (χ3v) is 3.52. The Kier molecular flexibility index (Phi) is 3.27. The Morgan fingerprint density at radius 3 is 2.29 bits per heavy atom. The Bertz CT molecular complexity index is 691. The molecule has 1 saturated heterocycles. The van der Waals surface area contributed by atoms with Crippen LogP contribution in [0.4, 0.5) is 5.69 Å². The number of aryl methyl sites for hydroxylation is 1. The Hall–Kier alpha value is -2.53. The van der Waals surface area contributed by atoms with Crippen molar-refractivity contribution >= 4 is 11.5 Å². The number of nitro benzene ring substituents is 1. The minimum Gasteiger partial charge on any atom is -0.356 e. The lowest BCUT2D eigenvalue weighted by molar-refractivity contribution is -0.384. The first-order valence-corrected chi connectivity index (χ1v) is 6.57. The highest BCUT2D eigenvalue weighted by atomic mass is 16.6. The van der Waals surface area contributed by atoms with Gasteiger partial charge in [0.2, 0.25) is 0 Å². The van der Waals surface area contributed by atoms with E-state index >= 15 is 0 Å². The van der Waals surface area contributed by atoms with E-state index < -0.39 is 11.0 Å². The number of nitrogens with zero attached hydrogens (tertiary/aromatic N) is 1. The molecule has 0 radical (unpaired) electrons. The second-order valence-corrected chi connectivity index (χ2v) is 5.06. The molecule has 0 amide bonds. The summed E-state index contributed by atoms with van der Waals surface area (Å²) < 4.78 is 5.43. The number of rotatable bonds is 4. The van der Waals surface area contributed by atoms with Gasteiger partial charge in [-0.05, 0) is 24.6 Å². The zero-order valence-corrected chi connectivity index (χ0v) is 11.4. The first kappa shape index (κ1) is 13.5. The molecule has 5 nitrogen and oxygen atoms in total.